The van der Waals surface area contributed by atoms with Gasteiger partial charge >= 0.3 is 0 Å². The molecule has 0 bridgehead atoms. The molecule has 2 heterocycles. The lowest BCUT2D eigenvalue weighted by Gasteiger charge is -2.29. The Morgan fingerprint density at radius 2 is 1.97 bits per heavy atom. The van der Waals surface area contributed by atoms with Crippen molar-refractivity contribution in [1.82, 2.24) is 14.9 Å². The summed E-state index contributed by atoms with van der Waals surface area (Å²) in [4.78, 5) is 10.7. The van der Waals surface area contributed by atoms with Crippen LogP contribution in [0.4, 0.5) is 10.1 Å². The summed E-state index contributed by atoms with van der Waals surface area (Å²) in [5.74, 6) is 1.39. The van der Waals surface area contributed by atoms with E-state index in [1.54, 1.807) is 18.3 Å². The topological polar surface area (TPSA) is 59.5 Å². The highest BCUT2D eigenvalue weighted by atomic mass is 79.9. The molecule has 0 radical (unpaired) electrons. The van der Waals surface area contributed by atoms with Gasteiger partial charge in [0.05, 0.1) is 17.8 Å². The monoisotopic (exact) mass is 474 g/mol. The Balaban J connectivity index is 1.46. The lowest BCUT2D eigenvalue weighted by Crippen LogP contribution is -2.32. The van der Waals surface area contributed by atoms with E-state index >= 15 is 0 Å². The zero-order chi connectivity index (χ0) is 20.9. The molecule has 1 saturated heterocycles. The van der Waals surface area contributed by atoms with Gasteiger partial charge in [0.2, 0.25) is 0 Å². The van der Waals surface area contributed by atoms with E-state index < -0.39 is 0 Å². The van der Waals surface area contributed by atoms with Crippen LogP contribution in [-0.2, 0) is 0 Å². The van der Waals surface area contributed by atoms with E-state index in [1.807, 2.05) is 12.1 Å². The number of ether oxygens (including phenoxy) is 2. The minimum atomic E-state index is -0.348. The number of nitrogens with one attached hydrogen (secondary N) is 1. The van der Waals surface area contributed by atoms with Gasteiger partial charge in [0, 0.05) is 22.1 Å². The molecular formula is C22H24BrFN4O2. The van der Waals surface area contributed by atoms with Crippen molar-refractivity contribution in [3.8, 4) is 11.5 Å². The Labute approximate surface area is 183 Å². The molecule has 0 spiro atoms. The number of anilines is 1. The van der Waals surface area contributed by atoms with Gasteiger partial charge in [0.15, 0.2) is 18.2 Å². The second kappa shape index (κ2) is 9.57. The summed E-state index contributed by atoms with van der Waals surface area (Å²) in [7, 11) is 2.15. The number of hydrogen-bond donors (Lipinski definition) is 1. The number of nitrogens with zero attached hydrogens (tertiary/aromatic N) is 3. The third kappa shape index (κ3) is 5.17. The molecule has 0 unspecified atom stereocenters. The summed E-state index contributed by atoms with van der Waals surface area (Å²) >= 11 is 3.26. The molecule has 0 amide bonds. The fourth-order valence-corrected chi connectivity index (χ4v) is 3.81. The van der Waals surface area contributed by atoms with Crippen LogP contribution in [0.15, 0.2) is 47.3 Å². The molecule has 30 heavy (non-hydrogen) atoms. The smallest absolute Gasteiger partial charge is 0.164 e. The number of hydrogen-bond acceptors (Lipinski definition) is 6. The largest absolute Gasteiger partial charge is 0.489 e. The first-order valence-electron chi connectivity index (χ1n) is 9.95. The van der Waals surface area contributed by atoms with E-state index in [4.69, 9.17) is 9.47 Å². The Morgan fingerprint density at radius 1 is 1.17 bits per heavy atom. The fourth-order valence-electron chi connectivity index (χ4n) is 3.48. The molecule has 0 aliphatic carbocycles. The van der Waals surface area contributed by atoms with Gasteiger partial charge in [-0.2, -0.15) is 0 Å². The Morgan fingerprint density at radius 3 is 2.77 bits per heavy atom. The van der Waals surface area contributed by atoms with Gasteiger partial charge in [-0.1, -0.05) is 15.9 Å². The first kappa shape index (κ1) is 20.8. The third-order valence-corrected chi connectivity index (χ3v) is 5.80. The summed E-state index contributed by atoms with van der Waals surface area (Å²) in [5.41, 5.74) is 1.17. The average Bonchev–Trinajstić information content (AvgIpc) is 2.75. The maximum Gasteiger partial charge on any atom is 0.164 e. The normalized spacial score (nSPS) is 15.3. The second-order valence-electron chi connectivity index (χ2n) is 7.53. The van der Waals surface area contributed by atoms with Crippen LogP contribution in [0.1, 0.15) is 12.8 Å². The Hall–Kier alpha value is -2.45. The van der Waals surface area contributed by atoms with Gasteiger partial charge < -0.3 is 19.7 Å². The first-order valence-corrected chi connectivity index (χ1v) is 10.7. The van der Waals surface area contributed by atoms with Gasteiger partial charge in [-0.3, -0.25) is 0 Å². The molecule has 2 aromatic carbocycles. The van der Waals surface area contributed by atoms with Crippen LogP contribution in [0.3, 0.4) is 0 Å². The highest BCUT2D eigenvalue weighted by Crippen LogP contribution is 2.33. The number of rotatable bonds is 7. The zero-order valence-corrected chi connectivity index (χ0v) is 18.4. The zero-order valence-electron chi connectivity index (χ0n) is 16.8. The molecule has 0 saturated carbocycles. The fraction of sp³-hybridized carbons (Fsp3) is 0.364. The van der Waals surface area contributed by atoms with Crippen LogP contribution in [0.2, 0.25) is 0 Å². The van der Waals surface area contributed by atoms with Gasteiger partial charge in [0.1, 0.15) is 12.1 Å². The number of halogens is 2. The molecule has 1 aromatic heterocycles. The highest BCUT2D eigenvalue weighted by molar-refractivity contribution is 9.10. The maximum atomic E-state index is 14.0. The molecule has 158 valence electrons. The van der Waals surface area contributed by atoms with Gasteiger partial charge in [0.25, 0.3) is 0 Å². The van der Waals surface area contributed by atoms with Gasteiger partial charge in [-0.25, -0.2) is 14.4 Å². The number of aromatic nitrogens is 2. The number of piperidine rings is 1. The predicted octanol–water partition coefficient (Wildman–Crippen LogP) is 4.70. The SMILES string of the molecule is CN1CCC(COc2cc3ncncc3cc2OCNc2ccc(Br)cc2F)CC1. The summed E-state index contributed by atoms with van der Waals surface area (Å²) in [6, 6.07) is 8.58. The average molecular weight is 475 g/mol. The van der Waals surface area contributed by atoms with Crippen LogP contribution >= 0.6 is 15.9 Å². The number of benzene rings is 2. The maximum absolute atomic E-state index is 14.0. The Kier molecular flexibility index (Phi) is 6.64. The van der Waals surface area contributed by atoms with Crippen molar-refractivity contribution in [3.05, 3.63) is 53.1 Å². The van der Waals surface area contributed by atoms with Gasteiger partial charge in [-0.05, 0) is 63.2 Å². The molecule has 1 aliphatic heterocycles. The molecule has 8 heteroatoms. The molecule has 0 atom stereocenters. The standard InChI is InChI=1S/C22H24BrFN4O2/c1-28-6-4-15(5-7-28)12-29-22-10-20-16(11-25-13-26-20)8-21(22)30-14-27-19-3-2-17(23)9-18(19)24/h2-3,8-11,13,15,27H,4-7,12,14H2,1H3. The van der Waals surface area contributed by atoms with Crippen LogP contribution in [0.25, 0.3) is 10.9 Å². The lowest BCUT2D eigenvalue weighted by atomic mass is 9.98. The van der Waals surface area contributed by atoms with E-state index in [0.717, 1.165) is 36.8 Å². The second-order valence-corrected chi connectivity index (χ2v) is 8.44. The third-order valence-electron chi connectivity index (χ3n) is 5.30. The van der Waals surface area contributed by atoms with Crippen molar-refractivity contribution < 1.29 is 13.9 Å². The van der Waals surface area contributed by atoms with E-state index in [-0.39, 0.29) is 12.5 Å². The van der Waals surface area contributed by atoms with E-state index in [0.29, 0.717) is 34.2 Å². The van der Waals surface area contributed by atoms with Crippen molar-refractivity contribution in [2.45, 2.75) is 12.8 Å². The van der Waals surface area contributed by atoms with Crippen LogP contribution in [0, 0.1) is 11.7 Å². The number of likely N-dealkylation sites (tertiary alicyclic amines) is 1. The minimum absolute atomic E-state index is 0.0995. The van der Waals surface area contributed by atoms with Gasteiger partial charge in [-0.15, -0.1) is 0 Å². The molecule has 1 aliphatic rings. The van der Waals surface area contributed by atoms with E-state index in [9.17, 15) is 4.39 Å². The summed E-state index contributed by atoms with van der Waals surface area (Å²) in [6.07, 6.45) is 5.49. The van der Waals surface area contributed by atoms with Crippen molar-refractivity contribution in [2.24, 2.45) is 5.92 Å². The van der Waals surface area contributed by atoms with Crippen LogP contribution < -0.4 is 14.8 Å². The predicted molar refractivity (Wildman–Crippen MR) is 118 cm³/mol. The van der Waals surface area contributed by atoms with E-state index in [2.05, 4.69) is 43.2 Å². The Bertz CT molecular complexity index is 1010. The van der Waals surface area contributed by atoms with Crippen molar-refractivity contribution in [3.63, 3.8) is 0 Å². The van der Waals surface area contributed by atoms with Crippen molar-refractivity contribution in [2.75, 3.05) is 38.8 Å². The quantitative estimate of drug-likeness (QED) is 0.500. The van der Waals surface area contributed by atoms with Crippen molar-refractivity contribution >= 4 is 32.5 Å². The minimum Gasteiger partial charge on any atom is -0.489 e. The molecular weight excluding hydrogens is 451 g/mol. The molecule has 6 nitrogen and oxygen atoms in total. The molecule has 1 fully saturated rings. The van der Waals surface area contributed by atoms with E-state index in [1.165, 1.54) is 12.4 Å². The molecule has 1 N–H and O–H groups in total. The van der Waals surface area contributed by atoms with Crippen molar-refractivity contribution in [1.29, 1.82) is 0 Å². The lowest BCUT2D eigenvalue weighted by molar-refractivity contribution is 0.156. The van der Waals surface area contributed by atoms with Crippen LogP contribution in [0.5, 0.6) is 11.5 Å². The summed E-state index contributed by atoms with van der Waals surface area (Å²) in [5, 5.41) is 3.82. The first-order chi connectivity index (χ1) is 14.6. The number of fused-ring (bicyclic) bond motifs is 1. The van der Waals surface area contributed by atoms with Crippen LogP contribution in [-0.4, -0.2) is 48.3 Å². The molecule has 4 rings (SSSR count). The summed E-state index contributed by atoms with van der Waals surface area (Å²) < 4.78 is 26.8. The molecule has 3 aromatic rings. The summed E-state index contributed by atoms with van der Waals surface area (Å²) in [6.45, 7) is 2.91. The highest BCUT2D eigenvalue weighted by Gasteiger charge is 2.18.